The number of aromatic nitrogens is 2. The second kappa shape index (κ2) is 21.3. The Balaban J connectivity index is -0.00000228. The Hall–Kier alpha value is -1.44. The first kappa shape index (κ1) is 43.0. The summed E-state index contributed by atoms with van der Waals surface area (Å²) in [5, 5.41) is 0. The van der Waals surface area contributed by atoms with Gasteiger partial charge < -0.3 is 0 Å². The topological polar surface area (TPSA) is 50.5 Å². The van der Waals surface area contributed by atoms with Crippen LogP contribution >= 0.6 is 49.6 Å². The van der Waals surface area contributed by atoms with E-state index in [2.05, 4.69) is 61.9 Å². The standard InChI is InChI=1S/C30H30N4.4ClH.2Pd/c1-21-17-25(18-22(2)29(21)33-15-11-27-9-5-7-13-31-27)26-19-23(3)30(24(4)20-26)34-16-12-28-10-6-8-14-32-28;;;;;;/h5-10,13-20H,11-12H2,1-4H3;4*1H;;. The summed E-state index contributed by atoms with van der Waals surface area (Å²) in [6.45, 7) is 8.50. The summed E-state index contributed by atoms with van der Waals surface area (Å²) >= 11 is 0. The fourth-order valence-electron chi connectivity index (χ4n) is 4.15. The largest absolute Gasteiger partial charge is 0.261 e. The Morgan fingerprint density at radius 2 is 0.875 bits per heavy atom. The molecule has 0 saturated heterocycles. The maximum absolute atomic E-state index is 4.75. The van der Waals surface area contributed by atoms with Gasteiger partial charge in [-0.1, -0.05) is 12.1 Å². The molecule has 4 rings (SSSR count). The number of nitrogens with zero attached hydrogens (tertiary/aromatic N) is 4. The van der Waals surface area contributed by atoms with Crippen LogP contribution < -0.4 is 0 Å². The van der Waals surface area contributed by atoms with E-state index >= 15 is 0 Å². The summed E-state index contributed by atoms with van der Waals surface area (Å²) in [7, 11) is 0. The van der Waals surface area contributed by atoms with E-state index in [9.17, 15) is 0 Å². The zero-order valence-electron chi connectivity index (χ0n) is 22.6. The van der Waals surface area contributed by atoms with E-state index in [1.807, 2.05) is 61.2 Å². The van der Waals surface area contributed by atoms with Gasteiger partial charge in [-0.05, 0) is 110 Å². The van der Waals surface area contributed by atoms with Crippen molar-refractivity contribution in [3.63, 3.8) is 0 Å². The van der Waals surface area contributed by atoms with Crippen molar-refractivity contribution in [2.75, 3.05) is 0 Å². The molecule has 4 aromatic rings. The van der Waals surface area contributed by atoms with Crippen LogP contribution in [0.3, 0.4) is 0 Å². The Bertz CT molecular complexity index is 1200. The molecule has 2 heterocycles. The number of rotatable bonds is 7. The molecule has 40 heavy (non-hydrogen) atoms. The molecule has 2 aromatic carbocycles. The Kier molecular flexibility index (Phi) is 22.9. The van der Waals surface area contributed by atoms with E-state index in [0.717, 1.165) is 35.6 Å². The van der Waals surface area contributed by atoms with Crippen LogP contribution in [-0.4, -0.2) is 22.4 Å². The number of aryl methyl sites for hydroxylation is 4. The van der Waals surface area contributed by atoms with Gasteiger partial charge in [-0.3, -0.25) is 20.0 Å². The van der Waals surface area contributed by atoms with Crippen molar-refractivity contribution in [3.05, 3.63) is 107 Å². The normalized spacial score (nSPS) is 9.80. The zero-order valence-corrected chi connectivity index (χ0v) is 28.9. The molecule has 0 spiro atoms. The molecule has 222 valence electrons. The predicted molar refractivity (Wildman–Crippen MR) is 172 cm³/mol. The molecule has 0 amide bonds. The average molecular weight is 805 g/mol. The summed E-state index contributed by atoms with van der Waals surface area (Å²) in [6, 6.07) is 20.8. The molecule has 0 radical (unpaired) electrons. The van der Waals surface area contributed by atoms with E-state index in [1.165, 1.54) is 33.4 Å². The fourth-order valence-corrected chi connectivity index (χ4v) is 4.15. The monoisotopic (exact) mass is 802 g/mol. The van der Waals surface area contributed by atoms with Gasteiger partial charge in [-0.2, -0.15) is 0 Å². The third-order valence-electron chi connectivity index (χ3n) is 5.81. The molecule has 0 bridgehead atoms. The number of benzene rings is 2. The predicted octanol–water partition coefficient (Wildman–Crippen LogP) is 8.95. The third-order valence-corrected chi connectivity index (χ3v) is 5.81. The molecule has 0 aliphatic carbocycles. The van der Waals surface area contributed by atoms with Crippen LogP contribution in [0.15, 0.2) is 83.0 Å². The van der Waals surface area contributed by atoms with Crippen LogP contribution in [0.25, 0.3) is 11.1 Å². The van der Waals surface area contributed by atoms with E-state index in [0.29, 0.717) is 0 Å². The molecule has 0 atom stereocenters. The van der Waals surface area contributed by atoms with Crippen LogP contribution in [0.2, 0.25) is 0 Å². The molecule has 0 fully saturated rings. The molecule has 0 unspecified atom stereocenters. The summed E-state index contributed by atoms with van der Waals surface area (Å²) in [5.74, 6) is 0. The molecule has 2 aromatic heterocycles. The van der Waals surface area contributed by atoms with Crippen LogP contribution in [0, 0.1) is 27.7 Å². The molecule has 4 nitrogen and oxygen atoms in total. The minimum Gasteiger partial charge on any atom is -0.261 e. The smallest absolute Gasteiger partial charge is 0.0684 e. The van der Waals surface area contributed by atoms with Crippen molar-refractivity contribution in [3.8, 4) is 11.1 Å². The fraction of sp³-hybridized carbons (Fsp3) is 0.200. The van der Waals surface area contributed by atoms with E-state index in [1.54, 1.807) is 0 Å². The molecule has 0 aliphatic heterocycles. The zero-order chi connectivity index (χ0) is 23.9. The third kappa shape index (κ3) is 11.8. The van der Waals surface area contributed by atoms with Crippen LogP contribution in [0.4, 0.5) is 11.4 Å². The maximum atomic E-state index is 4.75. The van der Waals surface area contributed by atoms with Gasteiger partial charge in [-0.15, -0.1) is 49.6 Å². The second-order valence-corrected chi connectivity index (χ2v) is 8.59. The summed E-state index contributed by atoms with van der Waals surface area (Å²) < 4.78 is 0. The average Bonchev–Trinajstić information content (AvgIpc) is 2.83. The summed E-state index contributed by atoms with van der Waals surface area (Å²) in [5.41, 5.74) is 11.2. The molecule has 0 aliphatic rings. The van der Waals surface area contributed by atoms with Gasteiger partial charge in [0.15, 0.2) is 0 Å². The quantitative estimate of drug-likeness (QED) is 0.139. The van der Waals surface area contributed by atoms with Crippen LogP contribution in [0.1, 0.15) is 33.6 Å². The van der Waals surface area contributed by atoms with E-state index < -0.39 is 0 Å². The SMILES string of the molecule is Cc1cc(-c2cc(C)c(N=CCc3ccccn3)c(C)c2)cc(C)c1N=CCc1ccccn1.Cl.Cl.Cl.Cl.[Pd].[Pd]. The van der Waals surface area contributed by atoms with Crippen molar-refractivity contribution < 1.29 is 40.8 Å². The Morgan fingerprint density at radius 3 is 1.15 bits per heavy atom. The number of hydrogen-bond donors (Lipinski definition) is 0. The van der Waals surface area contributed by atoms with Crippen LogP contribution in [0.5, 0.6) is 0 Å². The summed E-state index contributed by atoms with van der Waals surface area (Å²) in [4.78, 5) is 18.2. The van der Waals surface area contributed by atoms with E-state index in [-0.39, 0.29) is 90.5 Å². The molecule has 10 heteroatoms. The van der Waals surface area contributed by atoms with E-state index in [4.69, 9.17) is 9.98 Å². The number of halogens is 4. The number of hydrogen-bond acceptors (Lipinski definition) is 4. The molecule has 0 N–H and O–H groups in total. The van der Waals surface area contributed by atoms with Gasteiger partial charge in [0.2, 0.25) is 0 Å². The van der Waals surface area contributed by atoms with Crippen molar-refractivity contribution in [1.29, 1.82) is 0 Å². The van der Waals surface area contributed by atoms with Crippen LogP contribution in [-0.2, 0) is 53.7 Å². The first-order chi connectivity index (χ1) is 16.5. The van der Waals surface area contributed by atoms with Crippen molar-refractivity contribution in [2.45, 2.75) is 40.5 Å². The Morgan fingerprint density at radius 1 is 0.550 bits per heavy atom. The van der Waals surface area contributed by atoms with Gasteiger partial charge in [0, 0.05) is 89.9 Å². The maximum Gasteiger partial charge on any atom is 0.0684 e. The first-order valence-electron chi connectivity index (χ1n) is 11.6. The van der Waals surface area contributed by atoms with Crippen molar-refractivity contribution in [1.82, 2.24) is 9.97 Å². The molecular weight excluding hydrogens is 771 g/mol. The minimum absolute atomic E-state index is 0. The Labute approximate surface area is 290 Å². The van der Waals surface area contributed by atoms with Gasteiger partial charge in [0.05, 0.1) is 11.4 Å². The van der Waals surface area contributed by atoms with Gasteiger partial charge in [0.1, 0.15) is 0 Å². The molecule has 0 saturated carbocycles. The number of aliphatic imine (C=N–C) groups is 2. The first-order valence-corrected chi connectivity index (χ1v) is 11.6. The van der Waals surface area contributed by atoms with Crippen molar-refractivity contribution >= 4 is 73.4 Å². The van der Waals surface area contributed by atoms with Crippen molar-refractivity contribution in [2.24, 2.45) is 9.98 Å². The molecular formula is C30H34Cl4N4Pd2. The summed E-state index contributed by atoms with van der Waals surface area (Å²) in [6.07, 6.45) is 8.97. The second-order valence-electron chi connectivity index (χ2n) is 8.59. The number of pyridine rings is 2. The van der Waals surface area contributed by atoms with Gasteiger partial charge >= 0.3 is 0 Å². The van der Waals surface area contributed by atoms with Gasteiger partial charge in [0.25, 0.3) is 0 Å². The van der Waals surface area contributed by atoms with Gasteiger partial charge in [-0.25, -0.2) is 0 Å². The minimum atomic E-state index is 0.